The zero-order valence-electron chi connectivity index (χ0n) is 10.1. The Morgan fingerprint density at radius 1 is 1.41 bits per heavy atom. The van der Waals surface area contributed by atoms with E-state index >= 15 is 0 Å². The molecule has 0 spiro atoms. The number of methoxy groups -OCH3 is 1. The predicted molar refractivity (Wildman–Crippen MR) is 66.5 cm³/mol. The number of aryl methyl sites for hydroxylation is 1. The summed E-state index contributed by atoms with van der Waals surface area (Å²) in [5.74, 6) is 1.38. The lowest BCUT2D eigenvalue weighted by molar-refractivity contribution is 0.0969. The third-order valence-electron chi connectivity index (χ3n) is 3.41. The van der Waals surface area contributed by atoms with Gasteiger partial charge < -0.3 is 9.30 Å². The number of ether oxygens (including phenoxy) is 1. The molecule has 17 heavy (non-hydrogen) atoms. The van der Waals surface area contributed by atoms with Crippen LogP contribution in [-0.4, -0.2) is 17.5 Å². The maximum Gasteiger partial charge on any atom is 0.168 e. The van der Waals surface area contributed by atoms with Crippen LogP contribution in [0.15, 0.2) is 24.4 Å². The van der Waals surface area contributed by atoms with Gasteiger partial charge in [0.2, 0.25) is 0 Å². The van der Waals surface area contributed by atoms with Gasteiger partial charge in [-0.05, 0) is 25.0 Å². The highest BCUT2D eigenvalue weighted by Gasteiger charge is 2.32. The Balaban J connectivity index is 2.16. The Labute approximate surface area is 100.0 Å². The summed E-state index contributed by atoms with van der Waals surface area (Å²) in [5, 5.41) is 1.03. The number of Topliss-reactive ketones (excluding diaryl/α,β-unsaturated/α-hetero) is 1. The van der Waals surface area contributed by atoms with Crippen molar-refractivity contribution in [2.45, 2.75) is 12.8 Å². The van der Waals surface area contributed by atoms with Crippen LogP contribution in [0.2, 0.25) is 0 Å². The first-order chi connectivity index (χ1) is 8.20. The Morgan fingerprint density at radius 3 is 2.82 bits per heavy atom. The standard InChI is InChI=1S/C14H15NO2/c1-15-8-12(14(16)9-3-4-9)11-6-5-10(17-2)7-13(11)15/h5-9H,3-4H2,1-2H3. The molecule has 1 aliphatic rings. The van der Waals surface area contributed by atoms with Crippen LogP contribution >= 0.6 is 0 Å². The molecule has 1 aromatic carbocycles. The molecule has 3 heteroatoms. The topological polar surface area (TPSA) is 31.2 Å². The van der Waals surface area contributed by atoms with E-state index in [9.17, 15) is 4.79 Å². The second kappa shape index (κ2) is 3.62. The fourth-order valence-corrected chi connectivity index (χ4v) is 2.25. The number of fused-ring (bicyclic) bond motifs is 1. The van der Waals surface area contributed by atoms with Gasteiger partial charge in [-0.3, -0.25) is 4.79 Å². The molecule has 0 unspecified atom stereocenters. The molecule has 88 valence electrons. The van der Waals surface area contributed by atoms with Crippen LogP contribution in [0, 0.1) is 5.92 Å². The fraction of sp³-hybridized carbons (Fsp3) is 0.357. The Kier molecular flexibility index (Phi) is 2.21. The molecule has 2 aromatic rings. The largest absolute Gasteiger partial charge is 0.497 e. The van der Waals surface area contributed by atoms with Crippen LogP contribution < -0.4 is 4.74 Å². The summed E-state index contributed by atoms with van der Waals surface area (Å²) in [6, 6.07) is 5.86. The Bertz CT molecular complexity index is 594. The monoisotopic (exact) mass is 229 g/mol. The van der Waals surface area contributed by atoms with Crippen molar-refractivity contribution in [1.29, 1.82) is 0 Å². The minimum Gasteiger partial charge on any atom is -0.497 e. The Hall–Kier alpha value is -1.77. The molecule has 1 aliphatic carbocycles. The second-order valence-electron chi connectivity index (χ2n) is 4.68. The number of ketones is 1. The molecule has 1 heterocycles. The van der Waals surface area contributed by atoms with Gasteiger partial charge in [0.1, 0.15) is 5.75 Å². The van der Waals surface area contributed by atoms with Crippen molar-refractivity contribution >= 4 is 16.7 Å². The number of carbonyl (C=O) groups is 1. The van der Waals surface area contributed by atoms with Crippen LogP contribution in [0.1, 0.15) is 23.2 Å². The van der Waals surface area contributed by atoms with E-state index in [1.165, 1.54) is 0 Å². The van der Waals surface area contributed by atoms with Crippen molar-refractivity contribution in [3.63, 3.8) is 0 Å². The van der Waals surface area contributed by atoms with Crippen molar-refractivity contribution in [2.75, 3.05) is 7.11 Å². The molecule has 0 amide bonds. The molecular weight excluding hydrogens is 214 g/mol. The third-order valence-corrected chi connectivity index (χ3v) is 3.41. The molecule has 1 aromatic heterocycles. The second-order valence-corrected chi connectivity index (χ2v) is 4.68. The third kappa shape index (κ3) is 1.62. The first-order valence-electron chi connectivity index (χ1n) is 5.88. The zero-order valence-corrected chi connectivity index (χ0v) is 10.1. The van der Waals surface area contributed by atoms with Crippen LogP contribution in [0.4, 0.5) is 0 Å². The average molecular weight is 229 g/mol. The van der Waals surface area contributed by atoms with Crippen molar-refractivity contribution < 1.29 is 9.53 Å². The molecule has 0 radical (unpaired) electrons. The summed E-state index contributed by atoms with van der Waals surface area (Å²) in [7, 11) is 3.62. The van der Waals surface area contributed by atoms with E-state index in [0.29, 0.717) is 5.78 Å². The summed E-state index contributed by atoms with van der Waals surface area (Å²) in [6.45, 7) is 0. The van der Waals surface area contributed by atoms with Gasteiger partial charge >= 0.3 is 0 Å². The number of aromatic nitrogens is 1. The normalized spacial score (nSPS) is 15.2. The minimum atomic E-state index is 0.266. The fourth-order valence-electron chi connectivity index (χ4n) is 2.25. The molecule has 0 N–H and O–H groups in total. The number of benzene rings is 1. The van der Waals surface area contributed by atoms with Gasteiger partial charge in [0.25, 0.3) is 0 Å². The molecular formula is C14H15NO2. The number of hydrogen-bond acceptors (Lipinski definition) is 2. The quantitative estimate of drug-likeness (QED) is 0.758. The highest BCUT2D eigenvalue weighted by molar-refractivity contribution is 6.10. The summed E-state index contributed by atoms with van der Waals surface area (Å²) in [6.07, 6.45) is 4.03. The number of nitrogens with zero attached hydrogens (tertiary/aromatic N) is 1. The number of rotatable bonds is 3. The van der Waals surface area contributed by atoms with Crippen LogP contribution in [0.5, 0.6) is 5.75 Å². The molecule has 1 saturated carbocycles. The highest BCUT2D eigenvalue weighted by atomic mass is 16.5. The maximum absolute atomic E-state index is 12.1. The first-order valence-corrected chi connectivity index (χ1v) is 5.88. The van der Waals surface area contributed by atoms with E-state index in [4.69, 9.17) is 4.74 Å². The van der Waals surface area contributed by atoms with Crippen LogP contribution in [-0.2, 0) is 7.05 Å². The lowest BCUT2D eigenvalue weighted by atomic mass is 10.1. The minimum absolute atomic E-state index is 0.266. The average Bonchev–Trinajstić information content (AvgIpc) is 3.14. The lowest BCUT2D eigenvalue weighted by Crippen LogP contribution is -1.99. The van der Waals surface area contributed by atoms with Gasteiger partial charge in [0.05, 0.1) is 12.6 Å². The van der Waals surface area contributed by atoms with E-state index in [-0.39, 0.29) is 5.92 Å². The summed E-state index contributed by atoms with van der Waals surface area (Å²) in [4.78, 5) is 12.1. The van der Waals surface area contributed by atoms with Crippen molar-refractivity contribution in [2.24, 2.45) is 13.0 Å². The van der Waals surface area contributed by atoms with Crippen LogP contribution in [0.25, 0.3) is 10.9 Å². The molecule has 0 saturated heterocycles. The number of carbonyl (C=O) groups excluding carboxylic acids is 1. The van der Waals surface area contributed by atoms with Gasteiger partial charge in [-0.25, -0.2) is 0 Å². The molecule has 1 fully saturated rings. The van der Waals surface area contributed by atoms with Gasteiger partial charge in [-0.2, -0.15) is 0 Å². The van der Waals surface area contributed by atoms with Gasteiger partial charge in [0, 0.05) is 36.2 Å². The highest BCUT2D eigenvalue weighted by Crippen LogP contribution is 2.35. The van der Waals surface area contributed by atoms with Crippen LogP contribution in [0.3, 0.4) is 0 Å². The van der Waals surface area contributed by atoms with E-state index in [0.717, 1.165) is 35.1 Å². The Morgan fingerprint density at radius 2 is 2.18 bits per heavy atom. The lowest BCUT2D eigenvalue weighted by Gasteiger charge is -2.01. The van der Waals surface area contributed by atoms with Crippen molar-refractivity contribution in [3.8, 4) is 5.75 Å². The molecule has 0 bridgehead atoms. The van der Waals surface area contributed by atoms with Gasteiger partial charge in [-0.15, -0.1) is 0 Å². The van der Waals surface area contributed by atoms with E-state index in [2.05, 4.69) is 0 Å². The van der Waals surface area contributed by atoms with Gasteiger partial charge in [-0.1, -0.05) is 0 Å². The molecule has 0 atom stereocenters. The SMILES string of the molecule is COc1ccc2c(C(=O)C3CC3)cn(C)c2c1. The molecule has 3 rings (SSSR count). The van der Waals surface area contributed by atoms with E-state index < -0.39 is 0 Å². The summed E-state index contributed by atoms with van der Waals surface area (Å²) in [5.41, 5.74) is 1.90. The number of hydrogen-bond donors (Lipinski definition) is 0. The first kappa shape index (κ1) is 10.4. The van der Waals surface area contributed by atoms with Crippen molar-refractivity contribution in [1.82, 2.24) is 4.57 Å². The predicted octanol–water partition coefficient (Wildman–Crippen LogP) is 2.78. The maximum atomic E-state index is 12.1. The van der Waals surface area contributed by atoms with E-state index in [1.807, 2.05) is 36.0 Å². The molecule has 0 aliphatic heterocycles. The molecule has 3 nitrogen and oxygen atoms in total. The summed E-state index contributed by atoms with van der Waals surface area (Å²) < 4.78 is 7.20. The zero-order chi connectivity index (χ0) is 12.0. The van der Waals surface area contributed by atoms with Gasteiger partial charge in [0.15, 0.2) is 5.78 Å². The van der Waals surface area contributed by atoms with E-state index in [1.54, 1.807) is 7.11 Å². The smallest absolute Gasteiger partial charge is 0.168 e. The van der Waals surface area contributed by atoms with Crippen molar-refractivity contribution in [3.05, 3.63) is 30.0 Å². The summed E-state index contributed by atoms with van der Waals surface area (Å²) >= 11 is 0.